The summed E-state index contributed by atoms with van der Waals surface area (Å²) in [6.45, 7) is 1.43. The first kappa shape index (κ1) is 20.1. The molecule has 2 aromatic rings. The fraction of sp³-hybridized carbons (Fsp3) is 0.316. The number of nitrogens with zero attached hydrogens (tertiary/aromatic N) is 1. The monoisotopic (exact) mass is 426 g/mol. The van der Waals surface area contributed by atoms with Gasteiger partial charge in [0.15, 0.2) is 0 Å². The molecule has 0 atom stereocenters. The van der Waals surface area contributed by atoms with Crippen molar-refractivity contribution in [2.75, 3.05) is 13.1 Å². The second-order valence-corrected chi connectivity index (χ2v) is 9.17. The van der Waals surface area contributed by atoms with Crippen LogP contribution in [0.2, 0.25) is 10.0 Å². The van der Waals surface area contributed by atoms with Crippen LogP contribution in [-0.4, -0.2) is 31.7 Å². The number of benzene rings is 2. The highest BCUT2D eigenvalue weighted by Gasteiger charge is 2.25. The van der Waals surface area contributed by atoms with Crippen LogP contribution >= 0.6 is 23.2 Å². The molecule has 8 heteroatoms. The van der Waals surface area contributed by atoms with Gasteiger partial charge in [-0.25, -0.2) is 8.42 Å². The van der Waals surface area contributed by atoms with Gasteiger partial charge in [0.25, 0.3) is 5.91 Å². The predicted octanol–water partition coefficient (Wildman–Crippen LogP) is 4.10. The third-order valence-corrected chi connectivity index (χ3v) is 7.16. The number of carbonyl (C=O) groups is 1. The zero-order chi connectivity index (χ0) is 19.4. The van der Waals surface area contributed by atoms with Crippen LogP contribution < -0.4 is 5.32 Å². The highest BCUT2D eigenvalue weighted by Crippen LogP contribution is 2.23. The smallest absolute Gasteiger partial charge is 0.251 e. The van der Waals surface area contributed by atoms with Gasteiger partial charge in [-0.3, -0.25) is 4.79 Å². The summed E-state index contributed by atoms with van der Waals surface area (Å²) in [6, 6.07) is 11.3. The summed E-state index contributed by atoms with van der Waals surface area (Å²) < 4.78 is 26.8. The SMILES string of the molecule is O=C(NCc1ccc(S(=O)(=O)N2CCCCC2)cc1)c1ccc(Cl)c(Cl)c1. The van der Waals surface area contributed by atoms with Crippen molar-refractivity contribution in [3.63, 3.8) is 0 Å². The standard InChI is InChI=1S/C19H20Cl2N2O3S/c20-17-9-6-15(12-18(17)21)19(24)22-13-14-4-7-16(8-5-14)27(25,26)23-10-2-1-3-11-23/h4-9,12H,1-3,10-11,13H2,(H,22,24). The first-order valence-corrected chi connectivity index (χ1v) is 10.9. The van der Waals surface area contributed by atoms with E-state index >= 15 is 0 Å². The molecule has 144 valence electrons. The zero-order valence-electron chi connectivity index (χ0n) is 14.6. The van der Waals surface area contributed by atoms with Crippen molar-refractivity contribution in [2.24, 2.45) is 0 Å². The molecule has 1 aliphatic rings. The zero-order valence-corrected chi connectivity index (χ0v) is 16.9. The average Bonchev–Trinajstić information content (AvgIpc) is 2.69. The first-order chi connectivity index (χ1) is 12.9. The Labute approximate surface area is 169 Å². The summed E-state index contributed by atoms with van der Waals surface area (Å²) in [5.41, 5.74) is 1.22. The van der Waals surface area contributed by atoms with Crippen molar-refractivity contribution in [3.05, 3.63) is 63.6 Å². The van der Waals surface area contributed by atoms with Crippen LogP contribution in [-0.2, 0) is 16.6 Å². The first-order valence-electron chi connectivity index (χ1n) is 8.70. The number of amides is 1. The molecule has 0 aromatic heterocycles. The van der Waals surface area contributed by atoms with Crippen LogP contribution in [0.25, 0.3) is 0 Å². The predicted molar refractivity (Wildman–Crippen MR) is 107 cm³/mol. The van der Waals surface area contributed by atoms with Crippen molar-refractivity contribution < 1.29 is 13.2 Å². The van der Waals surface area contributed by atoms with Gasteiger partial charge in [-0.05, 0) is 48.7 Å². The normalized spacial score (nSPS) is 15.5. The van der Waals surface area contributed by atoms with E-state index in [1.807, 2.05) is 0 Å². The van der Waals surface area contributed by atoms with Crippen molar-refractivity contribution >= 4 is 39.1 Å². The summed E-state index contributed by atoms with van der Waals surface area (Å²) >= 11 is 11.8. The summed E-state index contributed by atoms with van der Waals surface area (Å²) in [7, 11) is -3.44. The number of rotatable bonds is 5. The Kier molecular flexibility index (Phi) is 6.42. The van der Waals surface area contributed by atoms with Crippen LogP contribution in [0.5, 0.6) is 0 Å². The Morgan fingerprint density at radius 2 is 1.63 bits per heavy atom. The van der Waals surface area contributed by atoms with Gasteiger partial charge in [0, 0.05) is 25.2 Å². The molecule has 3 rings (SSSR count). The fourth-order valence-electron chi connectivity index (χ4n) is 2.96. The minimum Gasteiger partial charge on any atom is -0.348 e. The Morgan fingerprint density at radius 1 is 0.963 bits per heavy atom. The molecule has 2 aromatic carbocycles. The number of carbonyl (C=O) groups excluding carboxylic acids is 1. The van der Waals surface area contributed by atoms with E-state index in [0.717, 1.165) is 24.8 Å². The molecule has 0 unspecified atom stereocenters. The largest absolute Gasteiger partial charge is 0.348 e. The summed E-state index contributed by atoms with van der Waals surface area (Å²) in [4.78, 5) is 12.5. The Morgan fingerprint density at radius 3 is 2.26 bits per heavy atom. The molecule has 1 aliphatic heterocycles. The number of nitrogens with one attached hydrogen (secondary N) is 1. The van der Waals surface area contributed by atoms with Crippen molar-refractivity contribution in [1.29, 1.82) is 0 Å². The van der Waals surface area contributed by atoms with Gasteiger partial charge in [0.1, 0.15) is 0 Å². The maximum absolute atomic E-state index is 12.6. The molecule has 1 amide bonds. The van der Waals surface area contributed by atoms with E-state index in [4.69, 9.17) is 23.2 Å². The lowest BCUT2D eigenvalue weighted by atomic mass is 10.2. The number of piperidine rings is 1. The van der Waals surface area contributed by atoms with E-state index in [2.05, 4.69) is 5.32 Å². The maximum Gasteiger partial charge on any atom is 0.251 e. The second-order valence-electron chi connectivity index (χ2n) is 6.42. The molecule has 0 spiro atoms. The Balaban J connectivity index is 1.63. The van der Waals surface area contributed by atoms with E-state index in [1.54, 1.807) is 36.4 Å². The van der Waals surface area contributed by atoms with Crippen LogP contribution in [0.3, 0.4) is 0 Å². The molecule has 1 saturated heterocycles. The van der Waals surface area contributed by atoms with Crippen LogP contribution in [0.1, 0.15) is 35.2 Å². The van der Waals surface area contributed by atoms with Crippen LogP contribution in [0.4, 0.5) is 0 Å². The minimum absolute atomic E-state index is 0.279. The highest BCUT2D eigenvalue weighted by molar-refractivity contribution is 7.89. The lowest BCUT2D eigenvalue weighted by Gasteiger charge is -2.25. The van der Waals surface area contributed by atoms with E-state index < -0.39 is 10.0 Å². The van der Waals surface area contributed by atoms with E-state index in [9.17, 15) is 13.2 Å². The molecule has 5 nitrogen and oxygen atoms in total. The summed E-state index contributed by atoms with van der Waals surface area (Å²) in [5.74, 6) is -0.279. The fourth-order valence-corrected chi connectivity index (χ4v) is 4.77. The molecule has 0 radical (unpaired) electrons. The lowest BCUT2D eigenvalue weighted by Crippen LogP contribution is -2.35. The number of sulfonamides is 1. The third kappa shape index (κ3) is 4.82. The van der Waals surface area contributed by atoms with E-state index in [1.165, 1.54) is 10.4 Å². The minimum atomic E-state index is -3.44. The van der Waals surface area contributed by atoms with Gasteiger partial charge >= 0.3 is 0 Å². The number of halogens is 2. The van der Waals surface area contributed by atoms with Crippen LogP contribution in [0.15, 0.2) is 47.4 Å². The molecule has 27 heavy (non-hydrogen) atoms. The number of hydrogen-bond donors (Lipinski definition) is 1. The van der Waals surface area contributed by atoms with E-state index in [0.29, 0.717) is 28.7 Å². The summed E-state index contributed by atoms with van der Waals surface area (Å²) in [5, 5.41) is 3.49. The van der Waals surface area contributed by atoms with Gasteiger partial charge in [-0.15, -0.1) is 0 Å². The molecule has 0 bridgehead atoms. The maximum atomic E-state index is 12.6. The van der Waals surface area contributed by atoms with E-state index in [-0.39, 0.29) is 17.3 Å². The van der Waals surface area contributed by atoms with Gasteiger partial charge in [0.2, 0.25) is 10.0 Å². The highest BCUT2D eigenvalue weighted by atomic mass is 35.5. The van der Waals surface area contributed by atoms with Crippen molar-refractivity contribution in [3.8, 4) is 0 Å². The lowest BCUT2D eigenvalue weighted by molar-refractivity contribution is 0.0951. The van der Waals surface area contributed by atoms with Crippen molar-refractivity contribution in [2.45, 2.75) is 30.7 Å². The molecule has 1 N–H and O–H groups in total. The average molecular weight is 427 g/mol. The number of hydrogen-bond acceptors (Lipinski definition) is 3. The third-order valence-electron chi connectivity index (χ3n) is 4.51. The van der Waals surface area contributed by atoms with Gasteiger partial charge in [0.05, 0.1) is 14.9 Å². The molecule has 0 aliphatic carbocycles. The Hall–Kier alpha value is -1.60. The molecule has 1 fully saturated rings. The van der Waals surface area contributed by atoms with Crippen LogP contribution in [0, 0.1) is 0 Å². The van der Waals surface area contributed by atoms with Gasteiger partial charge in [-0.2, -0.15) is 4.31 Å². The molecular weight excluding hydrogens is 407 g/mol. The molecule has 1 heterocycles. The second kappa shape index (κ2) is 8.61. The van der Waals surface area contributed by atoms with Gasteiger partial charge in [-0.1, -0.05) is 41.8 Å². The van der Waals surface area contributed by atoms with Crippen molar-refractivity contribution in [1.82, 2.24) is 9.62 Å². The topological polar surface area (TPSA) is 66.5 Å². The Bertz CT molecular complexity index is 924. The van der Waals surface area contributed by atoms with Gasteiger partial charge < -0.3 is 5.32 Å². The molecule has 0 saturated carbocycles. The summed E-state index contributed by atoms with van der Waals surface area (Å²) in [6.07, 6.45) is 2.87. The quantitative estimate of drug-likeness (QED) is 0.782. The molecular formula is C19H20Cl2N2O3S.